The minimum atomic E-state index is -0.372. The zero-order valence-corrected chi connectivity index (χ0v) is 18.3. The van der Waals surface area contributed by atoms with Gasteiger partial charge in [-0.3, -0.25) is 0 Å². The van der Waals surface area contributed by atoms with Crippen LogP contribution in [0.3, 0.4) is 0 Å². The van der Waals surface area contributed by atoms with Gasteiger partial charge in [-0.2, -0.15) is 0 Å². The molecule has 4 aromatic carbocycles. The van der Waals surface area contributed by atoms with Crippen molar-refractivity contribution in [3.63, 3.8) is 0 Å². The van der Waals surface area contributed by atoms with E-state index in [0.29, 0.717) is 0 Å². The molecule has 0 aliphatic heterocycles. The minimum Gasteiger partial charge on any atom is -0.465 e. The molecule has 0 atom stereocenters. The van der Waals surface area contributed by atoms with Crippen LogP contribution >= 0.6 is 0 Å². The van der Waals surface area contributed by atoms with E-state index in [2.05, 4.69) is 112 Å². The predicted octanol–water partition coefficient (Wildman–Crippen LogP) is 7.50. The van der Waals surface area contributed by atoms with Gasteiger partial charge in [-0.1, -0.05) is 85.4 Å². The summed E-state index contributed by atoms with van der Waals surface area (Å²) in [4.78, 5) is 0. The first-order valence-corrected chi connectivity index (χ1v) is 10.7. The van der Waals surface area contributed by atoms with Gasteiger partial charge in [-0.25, -0.2) is 0 Å². The lowest BCUT2D eigenvalue weighted by atomic mass is 9.67. The van der Waals surface area contributed by atoms with Crippen LogP contribution in [0.2, 0.25) is 0 Å². The molecule has 1 aliphatic rings. The van der Waals surface area contributed by atoms with E-state index in [-0.39, 0.29) is 5.41 Å². The van der Waals surface area contributed by atoms with Crippen LogP contribution in [-0.4, -0.2) is 0 Å². The normalized spacial score (nSPS) is 13.4. The molecule has 5 rings (SSSR count). The molecule has 0 N–H and O–H groups in total. The van der Waals surface area contributed by atoms with E-state index in [1.165, 1.54) is 50.8 Å². The Kier molecular flexibility index (Phi) is 4.55. The van der Waals surface area contributed by atoms with Gasteiger partial charge < -0.3 is 4.74 Å². The zero-order valence-electron chi connectivity index (χ0n) is 18.3. The third kappa shape index (κ3) is 2.77. The molecule has 1 aliphatic carbocycles. The Bertz CT molecular complexity index is 1270. The smallest absolute Gasteiger partial charge is 0.129 e. The summed E-state index contributed by atoms with van der Waals surface area (Å²) in [6.07, 6.45) is 1.49. The van der Waals surface area contributed by atoms with Crippen molar-refractivity contribution in [2.24, 2.45) is 0 Å². The van der Waals surface area contributed by atoms with E-state index in [1.54, 1.807) is 0 Å². The standard InChI is InChI=1S/C30H26O/c1-5-31-29-17-16-24(19-22(29)4)30(23-15-14-20(2)21(3)18-23)27-12-8-6-10-25(27)26-11-7-9-13-28(26)30/h5-19H,1H2,2-4H3. The van der Waals surface area contributed by atoms with E-state index in [9.17, 15) is 0 Å². The Labute approximate surface area is 184 Å². The Balaban J connectivity index is 1.91. The molecule has 31 heavy (non-hydrogen) atoms. The maximum absolute atomic E-state index is 5.63. The predicted molar refractivity (Wildman–Crippen MR) is 129 cm³/mol. The monoisotopic (exact) mass is 402 g/mol. The lowest BCUT2D eigenvalue weighted by molar-refractivity contribution is 0.479. The van der Waals surface area contributed by atoms with Crippen LogP contribution in [0.1, 0.15) is 38.9 Å². The number of benzene rings is 4. The molecule has 0 spiro atoms. The molecule has 1 nitrogen and oxygen atoms in total. The first-order valence-electron chi connectivity index (χ1n) is 10.7. The number of rotatable bonds is 4. The second-order valence-electron chi connectivity index (χ2n) is 8.40. The summed E-state index contributed by atoms with van der Waals surface area (Å²) in [7, 11) is 0. The van der Waals surface area contributed by atoms with Crippen LogP contribution in [0.4, 0.5) is 0 Å². The Morgan fingerprint density at radius 3 is 1.74 bits per heavy atom. The van der Waals surface area contributed by atoms with Crippen molar-refractivity contribution >= 4 is 0 Å². The van der Waals surface area contributed by atoms with Gasteiger partial charge in [-0.15, -0.1) is 0 Å². The molecule has 0 heterocycles. The molecule has 0 bridgehead atoms. The highest BCUT2D eigenvalue weighted by molar-refractivity contribution is 5.86. The van der Waals surface area contributed by atoms with Gasteiger partial charge in [-0.05, 0) is 76.9 Å². The van der Waals surface area contributed by atoms with Crippen molar-refractivity contribution in [2.75, 3.05) is 0 Å². The third-order valence-corrected chi connectivity index (χ3v) is 6.71. The van der Waals surface area contributed by atoms with Crippen LogP contribution < -0.4 is 4.74 Å². The maximum atomic E-state index is 5.63. The molecule has 0 unspecified atom stereocenters. The second-order valence-corrected chi connectivity index (χ2v) is 8.40. The SMILES string of the molecule is C=COc1ccc(C2(c3ccc(C)c(C)c3)c3ccccc3-c3ccccc32)cc1C. The van der Waals surface area contributed by atoms with Crippen molar-refractivity contribution in [3.8, 4) is 16.9 Å². The fraction of sp³-hybridized carbons (Fsp3) is 0.133. The Hall–Kier alpha value is -3.58. The van der Waals surface area contributed by atoms with Crippen LogP contribution in [0.15, 0.2) is 97.8 Å². The van der Waals surface area contributed by atoms with Crippen LogP contribution in [0.25, 0.3) is 11.1 Å². The molecule has 4 aromatic rings. The maximum Gasteiger partial charge on any atom is 0.129 e. The van der Waals surface area contributed by atoms with Gasteiger partial charge in [0.05, 0.1) is 11.7 Å². The minimum absolute atomic E-state index is 0.372. The van der Waals surface area contributed by atoms with Crippen LogP contribution in [0, 0.1) is 20.8 Å². The molecule has 0 radical (unpaired) electrons. The van der Waals surface area contributed by atoms with Crippen LogP contribution in [-0.2, 0) is 5.41 Å². The van der Waals surface area contributed by atoms with Gasteiger partial charge in [0, 0.05) is 0 Å². The lowest BCUT2D eigenvalue weighted by Crippen LogP contribution is -2.29. The summed E-state index contributed by atoms with van der Waals surface area (Å²) < 4.78 is 5.63. The fourth-order valence-corrected chi connectivity index (χ4v) is 5.10. The number of hydrogen-bond acceptors (Lipinski definition) is 1. The summed E-state index contributed by atoms with van der Waals surface area (Å²) in [6.45, 7) is 10.2. The summed E-state index contributed by atoms with van der Waals surface area (Å²) in [6, 6.07) is 31.1. The van der Waals surface area contributed by atoms with Gasteiger partial charge >= 0.3 is 0 Å². The molecule has 1 heteroatoms. The molecular weight excluding hydrogens is 376 g/mol. The van der Waals surface area contributed by atoms with E-state index in [0.717, 1.165) is 11.3 Å². The van der Waals surface area contributed by atoms with E-state index >= 15 is 0 Å². The molecule has 0 fully saturated rings. The number of ether oxygens (including phenoxy) is 1. The van der Waals surface area contributed by atoms with Crippen molar-refractivity contribution in [3.05, 3.63) is 137 Å². The van der Waals surface area contributed by atoms with Crippen molar-refractivity contribution in [1.82, 2.24) is 0 Å². The Morgan fingerprint density at radius 2 is 1.19 bits per heavy atom. The van der Waals surface area contributed by atoms with Gasteiger partial charge in [0.2, 0.25) is 0 Å². The van der Waals surface area contributed by atoms with E-state index in [1.807, 2.05) is 0 Å². The molecule has 0 amide bonds. The summed E-state index contributed by atoms with van der Waals surface area (Å²) in [5.74, 6) is 0.841. The highest BCUT2D eigenvalue weighted by atomic mass is 16.5. The fourth-order valence-electron chi connectivity index (χ4n) is 5.10. The molecular formula is C30H26O. The first-order chi connectivity index (χ1) is 15.1. The van der Waals surface area contributed by atoms with E-state index in [4.69, 9.17) is 4.74 Å². The van der Waals surface area contributed by atoms with Gasteiger partial charge in [0.25, 0.3) is 0 Å². The number of hydrogen-bond donors (Lipinski definition) is 0. The largest absolute Gasteiger partial charge is 0.465 e. The molecule has 152 valence electrons. The quantitative estimate of drug-likeness (QED) is 0.283. The summed E-state index contributed by atoms with van der Waals surface area (Å²) in [5.41, 5.74) is 11.2. The van der Waals surface area contributed by atoms with Gasteiger partial charge in [0.15, 0.2) is 0 Å². The van der Waals surface area contributed by atoms with Crippen molar-refractivity contribution in [1.29, 1.82) is 0 Å². The summed E-state index contributed by atoms with van der Waals surface area (Å²) in [5, 5.41) is 0. The molecule has 0 saturated carbocycles. The second kappa shape index (κ2) is 7.28. The topological polar surface area (TPSA) is 9.23 Å². The zero-order chi connectivity index (χ0) is 21.6. The highest BCUT2D eigenvalue weighted by Gasteiger charge is 2.46. The average molecular weight is 403 g/mol. The average Bonchev–Trinajstić information content (AvgIpc) is 3.09. The highest BCUT2D eigenvalue weighted by Crippen LogP contribution is 2.56. The third-order valence-electron chi connectivity index (χ3n) is 6.71. The number of aryl methyl sites for hydroxylation is 3. The number of fused-ring (bicyclic) bond motifs is 3. The lowest BCUT2D eigenvalue weighted by Gasteiger charge is -2.34. The van der Waals surface area contributed by atoms with Gasteiger partial charge in [0.1, 0.15) is 5.75 Å². The van der Waals surface area contributed by atoms with Crippen LogP contribution in [0.5, 0.6) is 5.75 Å². The van der Waals surface area contributed by atoms with Crippen molar-refractivity contribution < 1.29 is 4.74 Å². The summed E-state index contributed by atoms with van der Waals surface area (Å²) >= 11 is 0. The molecule has 0 aromatic heterocycles. The van der Waals surface area contributed by atoms with E-state index < -0.39 is 0 Å². The first kappa shape index (κ1) is 19.4. The molecule has 0 saturated heterocycles. The Morgan fingerprint density at radius 1 is 0.645 bits per heavy atom. The van der Waals surface area contributed by atoms with Crippen molar-refractivity contribution in [2.45, 2.75) is 26.2 Å².